The van der Waals surface area contributed by atoms with Crippen molar-refractivity contribution >= 4 is 95.7 Å². The lowest BCUT2D eigenvalue weighted by Crippen LogP contribution is -2.72. The van der Waals surface area contributed by atoms with Gasteiger partial charge in [-0.25, -0.2) is 0 Å². The van der Waals surface area contributed by atoms with Crippen LogP contribution in [0, 0.1) is 0 Å². The first-order valence-corrected chi connectivity index (χ1v) is 23.3. The average molecular weight is 809 g/mol. The third kappa shape index (κ3) is 5.65. The van der Waals surface area contributed by atoms with E-state index in [1.807, 2.05) is 6.07 Å². The van der Waals surface area contributed by atoms with Gasteiger partial charge in [-0.05, 0) is 110 Å². The van der Waals surface area contributed by atoms with Crippen LogP contribution in [0.1, 0.15) is 0 Å². The third-order valence-corrected chi connectivity index (χ3v) is 17.6. The van der Waals surface area contributed by atoms with Crippen LogP contribution in [0.15, 0.2) is 247 Å². The van der Waals surface area contributed by atoms with Gasteiger partial charge in [0, 0.05) is 50.7 Å². The minimum Gasteiger partial charge on any atom is -0.456 e. The van der Waals surface area contributed by atoms with Crippen LogP contribution in [-0.2, 0) is 0 Å². The molecular formula is C58H40N2OSi. The lowest BCUT2D eigenvalue weighted by atomic mass is 10.0. The molecule has 0 N–H and O–H groups in total. The van der Waals surface area contributed by atoms with E-state index in [1.54, 1.807) is 0 Å². The van der Waals surface area contributed by atoms with Crippen LogP contribution < -0.4 is 30.5 Å². The molecule has 10 aromatic carbocycles. The normalized spacial score (nSPS) is 12.6. The van der Waals surface area contributed by atoms with Crippen molar-refractivity contribution in [3.63, 3.8) is 0 Å². The lowest BCUT2D eigenvalue weighted by molar-refractivity contribution is 0.669. The lowest BCUT2D eigenvalue weighted by Gasteiger charge is -2.33. The summed E-state index contributed by atoms with van der Waals surface area (Å²) in [6.07, 6.45) is 0. The summed E-state index contributed by atoms with van der Waals surface area (Å²) in [5.74, 6) is 0. The second-order valence-electron chi connectivity index (χ2n) is 16.1. The largest absolute Gasteiger partial charge is 0.456 e. The van der Waals surface area contributed by atoms with Gasteiger partial charge < -0.3 is 14.2 Å². The van der Waals surface area contributed by atoms with Crippen molar-refractivity contribution in [1.29, 1.82) is 0 Å². The predicted molar refractivity (Wildman–Crippen MR) is 263 cm³/mol. The number of benzene rings is 10. The van der Waals surface area contributed by atoms with Gasteiger partial charge in [-0.3, -0.25) is 0 Å². The van der Waals surface area contributed by atoms with E-state index in [2.05, 4.69) is 246 Å². The zero-order valence-electron chi connectivity index (χ0n) is 33.9. The number of hydrogen-bond donors (Lipinski definition) is 0. The summed E-state index contributed by atoms with van der Waals surface area (Å²) in [5.41, 5.74) is 10.9. The maximum Gasteiger partial charge on any atom is 0.180 e. The fourth-order valence-electron chi connectivity index (χ4n) is 10.0. The molecule has 0 amide bonds. The second kappa shape index (κ2) is 14.7. The summed E-state index contributed by atoms with van der Waals surface area (Å²) in [6.45, 7) is 0. The number of furan rings is 1. The van der Waals surface area contributed by atoms with Gasteiger partial charge in [0.2, 0.25) is 0 Å². The molecule has 0 unspecified atom stereocenters. The predicted octanol–water partition coefficient (Wildman–Crippen LogP) is 13.0. The highest BCUT2D eigenvalue weighted by Crippen LogP contribution is 2.44. The highest BCUT2D eigenvalue weighted by Gasteiger charge is 2.49. The van der Waals surface area contributed by atoms with Gasteiger partial charge in [0.15, 0.2) is 8.07 Å². The van der Waals surface area contributed by atoms with Gasteiger partial charge in [-0.2, -0.15) is 0 Å². The minimum atomic E-state index is -2.90. The average Bonchev–Trinajstić information content (AvgIpc) is 3.86. The zero-order valence-corrected chi connectivity index (χ0v) is 34.9. The fourth-order valence-corrected chi connectivity index (χ4v) is 15.2. The molecule has 0 fully saturated rings. The molecule has 292 valence electrons. The molecule has 11 aromatic rings. The van der Waals surface area contributed by atoms with Gasteiger partial charge in [0.1, 0.15) is 11.2 Å². The van der Waals surface area contributed by atoms with Crippen LogP contribution in [0.4, 0.5) is 34.1 Å². The van der Waals surface area contributed by atoms with E-state index in [4.69, 9.17) is 4.42 Å². The van der Waals surface area contributed by atoms with E-state index in [9.17, 15) is 0 Å². The summed E-state index contributed by atoms with van der Waals surface area (Å²) < 4.78 is 6.54. The van der Waals surface area contributed by atoms with Crippen molar-refractivity contribution in [2.45, 2.75) is 0 Å². The molecule has 3 nitrogen and oxygen atoms in total. The Morgan fingerprint density at radius 3 is 1.55 bits per heavy atom. The number of rotatable bonds is 8. The van der Waals surface area contributed by atoms with Crippen LogP contribution >= 0.6 is 0 Å². The molecule has 0 saturated carbocycles. The second-order valence-corrected chi connectivity index (χ2v) is 19.8. The Hall–Kier alpha value is -7.92. The first-order valence-electron chi connectivity index (χ1n) is 21.3. The first kappa shape index (κ1) is 36.0. The van der Waals surface area contributed by atoms with E-state index in [0.717, 1.165) is 56.1 Å². The maximum absolute atomic E-state index is 6.54. The third-order valence-electron chi connectivity index (χ3n) is 12.7. The summed E-state index contributed by atoms with van der Waals surface area (Å²) in [5, 5.41) is 10.1. The zero-order chi connectivity index (χ0) is 41.0. The van der Waals surface area contributed by atoms with Crippen molar-refractivity contribution in [3.05, 3.63) is 243 Å². The monoisotopic (exact) mass is 808 g/mol. The van der Waals surface area contributed by atoms with E-state index < -0.39 is 8.07 Å². The highest BCUT2D eigenvalue weighted by molar-refractivity contribution is 7.22. The van der Waals surface area contributed by atoms with Gasteiger partial charge in [0.25, 0.3) is 0 Å². The molecule has 2 heterocycles. The first-order chi connectivity index (χ1) is 30.8. The van der Waals surface area contributed by atoms with Crippen molar-refractivity contribution in [3.8, 4) is 11.1 Å². The molecule has 1 aliphatic rings. The summed E-state index contributed by atoms with van der Waals surface area (Å²) in [7, 11) is -2.90. The number of hydrogen-bond acceptors (Lipinski definition) is 3. The maximum atomic E-state index is 6.54. The minimum absolute atomic E-state index is 0.869. The summed E-state index contributed by atoms with van der Waals surface area (Å²) >= 11 is 0. The molecule has 62 heavy (non-hydrogen) atoms. The molecule has 0 bridgehead atoms. The quantitative estimate of drug-likeness (QED) is 0.143. The number of fused-ring (bicyclic) bond motifs is 7. The molecule has 0 saturated heterocycles. The van der Waals surface area contributed by atoms with E-state index in [-0.39, 0.29) is 0 Å². The van der Waals surface area contributed by atoms with E-state index >= 15 is 0 Å². The Bertz CT molecular complexity index is 3340. The van der Waals surface area contributed by atoms with Crippen LogP contribution in [0.5, 0.6) is 0 Å². The highest BCUT2D eigenvalue weighted by atomic mass is 28.3. The van der Waals surface area contributed by atoms with Gasteiger partial charge in [-0.15, -0.1) is 0 Å². The Labute approximate surface area is 362 Å². The number of nitrogens with zero attached hydrogens (tertiary/aromatic N) is 2. The Kier molecular flexibility index (Phi) is 8.51. The van der Waals surface area contributed by atoms with Gasteiger partial charge in [0.05, 0.1) is 5.69 Å². The molecular weight excluding hydrogens is 769 g/mol. The van der Waals surface area contributed by atoms with Gasteiger partial charge >= 0.3 is 0 Å². The number of para-hydroxylation sites is 3. The van der Waals surface area contributed by atoms with E-state index in [0.29, 0.717) is 0 Å². The molecule has 1 aromatic heterocycles. The molecule has 0 aliphatic carbocycles. The Morgan fingerprint density at radius 1 is 0.306 bits per heavy atom. The van der Waals surface area contributed by atoms with Crippen LogP contribution in [0.25, 0.3) is 43.8 Å². The molecule has 1 aliphatic heterocycles. The van der Waals surface area contributed by atoms with E-state index in [1.165, 1.54) is 42.6 Å². The van der Waals surface area contributed by atoms with Crippen molar-refractivity contribution in [2.75, 3.05) is 9.80 Å². The van der Waals surface area contributed by atoms with Gasteiger partial charge in [-0.1, -0.05) is 164 Å². The van der Waals surface area contributed by atoms with Crippen LogP contribution in [0.2, 0.25) is 0 Å². The van der Waals surface area contributed by atoms with Crippen LogP contribution in [-0.4, -0.2) is 8.07 Å². The summed E-state index contributed by atoms with van der Waals surface area (Å²) in [4.78, 5) is 4.81. The van der Waals surface area contributed by atoms with Crippen molar-refractivity contribution in [1.82, 2.24) is 0 Å². The molecule has 4 heteroatoms. The Morgan fingerprint density at radius 2 is 0.839 bits per heavy atom. The standard InChI is InChI=1S/C58H40N2OSi/c1-5-20-42(21-6-1)59(43-22-7-2-8-23-43)44-34-37-57-53(38-44)52-36-33-46(40-58(52)62(57,47-24-9-3-10-25-47)48-26-11-4-12-27-48)60(54-30-17-19-41-18-13-14-28-49(41)54)45-32-35-51-50-29-15-16-31-55(50)61-56(51)39-45/h1-40H. The molecule has 0 atom stereocenters. The summed E-state index contributed by atoms with van der Waals surface area (Å²) in [6, 6.07) is 88.7. The Balaban J connectivity index is 1.14. The van der Waals surface area contributed by atoms with Crippen molar-refractivity contribution < 1.29 is 4.42 Å². The topological polar surface area (TPSA) is 19.6 Å². The number of anilines is 6. The SMILES string of the molecule is c1ccc(N(c2ccccc2)c2ccc3c(c2)-c2ccc(N(c4ccc5c(c4)oc4ccccc45)c4cccc5ccccc45)cc2[Si]3(c2ccccc2)c2ccccc2)cc1. The fraction of sp³-hybridized carbons (Fsp3) is 0. The van der Waals surface area contributed by atoms with Crippen LogP contribution in [0.3, 0.4) is 0 Å². The molecule has 12 rings (SSSR count). The molecule has 0 radical (unpaired) electrons. The molecule has 0 spiro atoms. The van der Waals surface area contributed by atoms with Crippen molar-refractivity contribution in [2.24, 2.45) is 0 Å². The smallest absolute Gasteiger partial charge is 0.180 e.